The molecule has 1 saturated carbocycles. The highest BCUT2D eigenvalue weighted by atomic mass is 16.4. The zero-order chi connectivity index (χ0) is 18.8. The van der Waals surface area contributed by atoms with E-state index in [4.69, 9.17) is 8.83 Å². The first-order valence-corrected chi connectivity index (χ1v) is 9.61. The average Bonchev–Trinajstić information content (AvgIpc) is 3.38. The molecule has 2 unspecified atom stereocenters. The van der Waals surface area contributed by atoms with Crippen molar-refractivity contribution in [3.05, 3.63) is 87.9 Å². The van der Waals surface area contributed by atoms with Crippen molar-refractivity contribution < 1.29 is 13.9 Å². The Morgan fingerprint density at radius 1 is 1.15 bits per heavy atom. The molecule has 0 amide bonds. The summed E-state index contributed by atoms with van der Waals surface area (Å²) >= 11 is 0. The first kappa shape index (κ1) is 17.7. The fraction of sp³-hybridized carbons (Fsp3) is 0.348. The third-order valence-electron chi connectivity index (χ3n) is 5.47. The van der Waals surface area contributed by atoms with E-state index in [1.54, 1.807) is 12.3 Å². The molecule has 4 nitrogen and oxygen atoms in total. The van der Waals surface area contributed by atoms with Crippen LogP contribution in [0.15, 0.2) is 68.4 Å². The van der Waals surface area contributed by atoms with Crippen LogP contribution in [0.3, 0.4) is 0 Å². The van der Waals surface area contributed by atoms with E-state index in [0.29, 0.717) is 23.7 Å². The smallest absolute Gasteiger partial charge is 0.343 e. The van der Waals surface area contributed by atoms with Gasteiger partial charge in [0.25, 0.3) is 0 Å². The van der Waals surface area contributed by atoms with Crippen LogP contribution in [0.4, 0.5) is 0 Å². The molecule has 1 aliphatic rings. The molecule has 4 rings (SSSR count). The Morgan fingerprint density at radius 2 is 1.93 bits per heavy atom. The zero-order valence-electron chi connectivity index (χ0n) is 15.4. The highest BCUT2D eigenvalue weighted by Crippen LogP contribution is 2.47. The van der Waals surface area contributed by atoms with Crippen LogP contribution < -0.4 is 5.63 Å². The predicted octanol–water partition coefficient (Wildman–Crippen LogP) is 5.22. The van der Waals surface area contributed by atoms with Crippen LogP contribution in [0.5, 0.6) is 5.75 Å². The second kappa shape index (κ2) is 7.47. The molecular formula is C23H24O4. The molecule has 2 aromatic heterocycles. The lowest BCUT2D eigenvalue weighted by Gasteiger charge is -2.19. The first-order valence-electron chi connectivity index (χ1n) is 9.61. The van der Waals surface area contributed by atoms with E-state index in [-0.39, 0.29) is 17.6 Å². The molecule has 1 aliphatic carbocycles. The number of benzene rings is 1. The van der Waals surface area contributed by atoms with Gasteiger partial charge in [-0.15, -0.1) is 0 Å². The molecule has 3 aromatic rings. The Labute approximate surface area is 158 Å². The maximum Gasteiger partial charge on any atom is 0.343 e. The third kappa shape index (κ3) is 3.70. The van der Waals surface area contributed by atoms with Crippen LogP contribution >= 0.6 is 0 Å². The van der Waals surface area contributed by atoms with Crippen LogP contribution in [0.1, 0.15) is 60.7 Å². The van der Waals surface area contributed by atoms with Crippen molar-refractivity contribution in [1.29, 1.82) is 0 Å². The minimum atomic E-state index is -0.427. The molecule has 27 heavy (non-hydrogen) atoms. The molecule has 140 valence electrons. The Balaban J connectivity index is 1.70. The van der Waals surface area contributed by atoms with E-state index >= 15 is 0 Å². The van der Waals surface area contributed by atoms with Crippen molar-refractivity contribution in [3.63, 3.8) is 0 Å². The van der Waals surface area contributed by atoms with E-state index in [9.17, 15) is 9.90 Å². The van der Waals surface area contributed by atoms with Gasteiger partial charge in [0.15, 0.2) is 0 Å². The van der Waals surface area contributed by atoms with Gasteiger partial charge < -0.3 is 13.9 Å². The fourth-order valence-electron chi connectivity index (χ4n) is 3.88. The SMILES string of the molecule is CCC(Cc1ccco1)c1cc(O)c(C(c2ccccc2)C2CC2)c(=O)o1. The zero-order valence-corrected chi connectivity index (χ0v) is 15.4. The molecular weight excluding hydrogens is 340 g/mol. The lowest BCUT2D eigenvalue weighted by Crippen LogP contribution is -2.17. The standard InChI is InChI=1S/C23H24O4/c1-2-15(13-18-9-6-12-26-18)20-14-19(24)22(23(25)27-20)21(17-10-11-17)16-7-4-3-5-8-16/h3-9,12,14-15,17,21,24H,2,10-11,13H2,1H3. The monoisotopic (exact) mass is 364 g/mol. The minimum Gasteiger partial charge on any atom is -0.507 e. The van der Waals surface area contributed by atoms with Crippen LogP contribution in [0, 0.1) is 5.92 Å². The topological polar surface area (TPSA) is 63.6 Å². The lowest BCUT2D eigenvalue weighted by molar-refractivity contribution is 0.369. The van der Waals surface area contributed by atoms with Crippen LogP contribution in [0.25, 0.3) is 0 Å². The van der Waals surface area contributed by atoms with Crippen molar-refractivity contribution in [3.8, 4) is 5.75 Å². The molecule has 0 radical (unpaired) electrons. The van der Waals surface area contributed by atoms with Crippen molar-refractivity contribution in [2.75, 3.05) is 0 Å². The summed E-state index contributed by atoms with van der Waals surface area (Å²) < 4.78 is 11.1. The van der Waals surface area contributed by atoms with Crippen molar-refractivity contribution >= 4 is 0 Å². The van der Waals surface area contributed by atoms with Gasteiger partial charge in [0.1, 0.15) is 17.3 Å². The summed E-state index contributed by atoms with van der Waals surface area (Å²) in [6.45, 7) is 2.04. The van der Waals surface area contributed by atoms with Gasteiger partial charge in [0.05, 0.1) is 11.8 Å². The molecule has 4 heteroatoms. The van der Waals surface area contributed by atoms with Gasteiger partial charge in [-0.1, -0.05) is 37.3 Å². The Bertz CT molecular complexity index is 936. The van der Waals surface area contributed by atoms with Gasteiger partial charge in [-0.3, -0.25) is 0 Å². The molecule has 2 atom stereocenters. The summed E-state index contributed by atoms with van der Waals surface area (Å²) in [5.74, 6) is 1.66. The van der Waals surface area contributed by atoms with Gasteiger partial charge in [-0.05, 0) is 42.9 Å². The number of aromatic hydroxyl groups is 1. The number of hydrogen-bond acceptors (Lipinski definition) is 4. The Hall–Kier alpha value is -2.75. The maximum atomic E-state index is 12.9. The number of furan rings is 1. The maximum absolute atomic E-state index is 12.9. The van der Waals surface area contributed by atoms with Crippen LogP contribution in [-0.4, -0.2) is 5.11 Å². The highest BCUT2D eigenvalue weighted by molar-refractivity contribution is 5.41. The van der Waals surface area contributed by atoms with E-state index in [2.05, 4.69) is 0 Å². The Kier molecular flexibility index (Phi) is 4.88. The molecule has 0 saturated heterocycles. The normalized spacial score (nSPS) is 16.2. The van der Waals surface area contributed by atoms with Gasteiger partial charge in [0, 0.05) is 24.3 Å². The van der Waals surface area contributed by atoms with Crippen LogP contribution in [0.2, 0.25) is 0 Å². The molecule has 2 heterocycles. The Morgan fingerprint density at radius 3 is 2.52 bits per heavy atom. The summed E-state index contributed by atoms with van der Waals surface area (Å²) in [4.78, 5) is 12.9. The quantitative estimate of drug-likeness (QED) is 0.624. The lowest BCUT2D eigenvalue weighted by atomic mass is 9.87. The number of hydrogen-bond donors (Lipinski definition) is 1. The molecule has 0 aliphatic heterocycles. The number of rotatable bonds is 7. The van der Waals surface area contributed by atoms with E-state index < -0.39 is 5.63 Å². The van der Waals surface area contributed by atoms with Gasteiger partial charge >= 0.3 is 5.63 Å². The van der Waals surface area contributed by atoms with Gasteiger partial charge in [0.2, 0.25) is 0 Å². The third-order valence-corrected chi connectivity index (χ3v) is 5.47. The molecule has 0 bridgehead atoms. The van der Waals surface area contributed by atoms with Crippen LogP contribution in [-0.2, 0) is 6.42 Å². The molecule has 1 fully saturated rings. The van der Waals surface area contributed by atoms with Gasteiger partial charge in [-0.2, -0.15) is 0 Å². The molecule has 1 aromatic carbocycles. The fourth-order valence-corrected chi connectivity index (χ4v) is 3.88. The van der Waals surface area contributed by atoms with E-state index in [1.165, 1.54) is 0 Å². The van der Waals surface area contributed by atoms with Crippen molar-refractivity contribution in [1.82, 2.24) is 0 Å². The van der Waals surface area contributed by atoms with Gasteiger partial charge in [-0.25, -0.2) is 4.79 Å². The van der Waals surface area contributed by atoms with Crippen molar-refractivity contribution in [2.24, 2.45) is 5.92 Å². The summed E-state index contributed by atoms with van der Waals surface area (Å²) in [6.07, 6.45) is 5.19. The molecule has 0 spiro atoms. The van der Waals surface area contributed by atoms with E-state index in [1.807, 2.05) is 49.4 Å². The first-order chi connectivity index (χ1) is 13.2. The largest absolute Gasteiger partial charge is 0.507 e. The average molecular weight is 364 g/mol. The minimum absolute atomic E-state index is 0.0140. The highest BCUT2D eigenvalue weighted by Gasteiger charge is 2.37. The summed E-state index contributed by atoms with van der Waals surface area (Å²) in [5, 5.41) is 10.8. The molecule has 1 N–H and O–H groups in total. The predicted molar refractivity (Wildman–Crippen MR) is 103 cm³/mol. The van der Waals surface area contributed by atoms with E-state index in [0.717, 1.165) is 30.6 Å². The summed E-state index contributed by atoms with van der Waals surface area (Å²) in [7, 11) is 0. The second-order valence-electron chi connectivity index (χ2n) is 7.35. The summed E-state index contributed by atoms with van der Waals surface area (Å²) in [6, 6.07) is 15.3. The summed E-state index contributed by atoms with van der Waals surface area (Å²) in [5.41, 5.74) is 1.02. The second-order valence-corrected chi connectivity index (χ2v) is 7.35. The van der Waals surface area contributed by atoms with Crippen molar-refractivity contribution in [2.45, 2.75) is 44.4 Å².